The van der Waals surface area contributed by atoms with Gasteiger partial charge in [-0.1, -0.05) is 12.1 Å². The van der Waals surface area contributed by atoms with E-state index < -0.39 is 12.2 Å². The summed E-state index contributed by atoms with van der Waals surface area (Å²) in [6.07, 6.45) is 0.913. The molecule has 1 aliphatic rings. The number of thioether (sulfide) groups is 1. The molecule has 1 amide bonds. The van der Waals surface area contributed by atoms with Crippen LogP contribution in [0.15, 0.2) is 29.2 Å². The molecule has 6 heteroatoms. The van der Waals surface area contributed by atoms with Crippen molar-refractivity contribution < 1.29 is 19.7 Å². The maximum Gasteiger partial charge on any atom is 0.404 e. The first-order valence-electron chi connectivity index (χ1n) is 7.60. The van der Waals surface area contributed by atoms with Crippen molar-refractivity contribution in [1.82, 2.24) is 5.32 Å². The van der Waals surface area contributed by atoms with Gasteiger partial charge >= 0.3 is 6.09 Å². The van der Waals surface area contributed by atoms with Crippen molar-refractivity contribution in [2.75, 3.05) is 25.5 Å². The lowest BCUT2D eigenvalue weighted by Crippen LogP contribution is -2.23. The van der Waals surface area contributed by atoms with E-state index in [9.17, 15) is 9.90 Å². The highest BCUT2D eigenvalue weighted by Gasteiger charge is 2.14. The van der Waals surface area contributed by atoms with E-state index in [1.54, 1.807) is 0 Å². The molecule has 1 unspecified atom stereocenters. The fraction of sp³-hybridized carbons (Fsp3) is 0.562. The number of hydrogen-bond donors (Lipinski definition) is 3. The first-order chi connectivity index (χ1) is 10.6. The third-order valence-electron chi connectivity index (χ3n) is 3.76. The summed E-state index contributed by atoms with van der Waals surface area (Å²) in [5.74, 6) is 1.77. The van der Waals surface area contributed by atoms with Crippen LogP contribution < -0.4 is 5.32 Å². The normalized spacial score (nSPS) is 17.1. The van der Waals surface area contributed by atoms with Gasteiger partial charge in [-0.3, -0.25) is 0 Å². The summed E-state index contributed by atoms with van der Waals surface area (Å²) in [7, 11) is 0. The van der Waals surface area contributed by atoms with E-state index in [-0.39, 0.29) is 6.54 Å². The highest BCUT2D eigenvalue weighted by molar-refractivity contribution is 7.99. The Hall–Kier alpha value is -1.24. The maximum atomic E-state index is 10.4. The first kappa shape index (κ1) is 17.1. The molecular weight excluding hydrogens is 302 g/mol. The maximum absolute atomic E-state index is 10.4. The van der Waals surface area contributed by atoms with Crippen LogP contribution in [0.3, 0.4) is 0 Å². The van der Waals surface area contributed by atoms with Gasteiger partial charge in [0.1, 0.15) is 0 Å². The molecule has 1 aromatic rings. The summed E-state index contributed by atoms with van der Waals surface area (Å²) in [5.41, 5.74) is 0.837. The lowest BCUT2D eigenvalue weighted by atomic mass is 10.0. The van der Waals surface area contributed by atoms with Crippen LogP contribution in [0.4, 0.5) is 4.79 Å². The average molecular weight is 325 g/mol. The van der Waals surface area contributed by atoms with Gasteiger partial charge in [0.15, 0.2) is 0 Å². The summed E-state index contributed by atoms with van der Waals surface area (Å²) in [5, 5.41) is 20.9. The second kappa shape index (κ2) is 9.02. The molecule has 5 nitrogen and oxygen atoms in total. The Bertz CT molecular complexity index is 477. The van der Waals surface area contributed by atoms with E-state index in [1.807, 2.05) is 30.0 Å². The minimum atomic E-state index is -1.06. The number of rotatable bonds is 7. The van der Waals surface area contributed by atoms with Crippen molar-refractivity contribution in [3.8, 4) is 0 Å². The van der Waals surface area contributed by atoms with Gasteiger partial charge in [-0.15, -0.1) is 11.8 Å². The van der Waals surface area contributed by atoms with E-state index in [1.165, 1.54) is 0 Å². The molecule has 1 aromatic carbocycles. The fourth-order valence-electron chi connectivity index (χ4n) is 2.42. The number of carboxylic acid groups (broad SMARTS) is 1. The number of amides is 1. The van der Waals surface area contributed by atoms with Gasteiger partial charge in [-0.2, -0.15) is 0 Å². The lowest BCUT2D eigenvalue weighted by molar-refractivity contribution is 0.0728. The number of carbonyl (C=O) groups is 1. The minimum absolute atomic E-state index is 0.246. The SMILES string of the molecule is O=C(O)NCCC(O)c1cccc(SCC2CCOCC2)c1. The molecule has 1 heterocycles. The van der Waals surface area contributed by atoms with Crippen LogP contribution >= 0.6 is 11.8 Å². The van der Waals surface area contributed by atoms with Crippen LogP contribution in [0.5, 0.6) is 0 Å². The molecule has 0 aromatic heterocycles. The van der Waals surface area contributed by atoms with Crippen LogP contribution in [-0.4, -0.2) is 41.8 Å². The predicted octanol–water partition coefficient (Wildman–Crippen LogP) is 2.90. The number of hydrogen-bond acceptors (Lipinski definition) is 4. The number of nitrogens with one attached hydrogen (secondary N) is 1. The zero-order valence-electron chi connectivity index (χ0n) is 12.5. The Balaban J connectivity index is 1.81. The van der Waals surface area contributed by atoms with E-state index in [4.69, 9.17) is 9.84 Å². The number of aliphatic hydroxyl groups excluding tert-OH is 1. The van der Waals surface area contributed by atoms with Gasteiger partial charge in [0.25, 0.3) is 0 Å². The Kier molecular flexibility index (Phi) is 7.02. The molecule has 1 aliphatic heterocycles. The molecule has 3 N–H and O–H groups in total. The smallest absolute Gasteiger partial charge is 0.404 e. The molecule has 1 fully saturated rings. The molecular formula is C16H23NO4S. The van der Waals surface area contributed by atoms with Gasteiger partial charge in [0, 0.05) is 30.4 Å². The minimum Gasteiger partial charge on any atom is -0.465 e. The van der Waals surface area contributed by atoms with E-state index in [0.29, 0.717) is 12.3 Å². The third kappa shape index (κ3) is 5.87. The molecule has 0 aliphatic carbocycles. The Morgan fingerprint density at radius 3 is 2.91 bits per heavy atom. The quantitative estimate of drug-likeness (QED) is 0.672. The predicted molar refractivity (Wildman–Crippen MR) is 86.3 cm³/mol. The highest BCUT2D eigenvalue weighted by Crippen LogP contribution is 2.28. The molecule has 1 atom stereocenters. The van der Waals surface area contributed by atoms with Crippen molar-refractivity contribution in [3.63, 3.8) is 0 Å². The van der Waals surface area contributed by atoms with Gasteiger partial charge in [-0.25, -0.2) is 4.79 Å². The molecule has 22 heavy (non-hydrogen) atoms. The van der Waals surface area contributed by atoms with Crippen LogP contribution in [0.2, 0.25) is 0 Å². The zero-order valence-corrected chi connectivity index (χ0v) is 13.3. The van der Waals surface area contributed by atoms with Crippen LogP contribution in [0, 0.1) is 5.92 Å². The van der Waals surface area contributed by atoms with Crippen molar-refractivity contribution in [2.45, 2.75) is 30.3 Å². The molecule has 122 valence electrons. The summed E-state index contributed by atoms with van der Waals surface area (Å²) in [6, 6.07) is 7.87. The summed E-state index contributed by atoms with van der Waals surface area (Å²) >= 11 is 1.81. The Labute approximate surface area is 135 Å². The zero-order chi connectivity index (χ0) is 15.8. The standard InChI is InChI=1S/C16H23NO4S/c18-15(4-7-17-16(19)20)13-2-1-3-14(10-13)22-11-12-5-8-21-9-6-12/h1-3,10,12,15,17-18H,4-9,11H2,(H,19,20). The molecule has 2 rings (SSSR count). The molecule has 0 radical (unpaired) electrons. The van der Waals surface area contributed by atoms with Gasteiger partial charge in [0.2, 0.25) is 0 Å². The second-order valence-electron chi connectivity index (χ2n) is 5.48. The highest BCUT2D eigenvalue weighted by atomic mass is 32.2. The van der Waals surface area contributed by atoms with Crippen molar-refractivity contribution in [1.29, 1.82) is 0 Å². The van der Waals surface area contributed by atoms with Crippen LogP contribution in [0.25, 0.3) is 0 Å². The lowest BCUT2D eigenvalue weighted by Gasteiger charge is -2.21. The fourth-order valence-corrected chi connectivity index (χ4v) is 3.58. The average Bonchev–Trinajstić information content (AvgIpc) is 2.54. The monoisotopic (exact) mass is 325 g/mol. The Morgan fingerprint density at radius 2 is 2.18 bits per heavy atom. The topological polar surface area (TPSA) is 78.8 Å². The van der Waals surface area contributed by atoms with Crippen molar-refractivity contribution in [3.05, 3.63) is 29.8 Å². The molecule has 0 spiro atoms. The van der Waals surface area contributed by atoms with E-state index >= 15 is 0 Å². The third-order valence-corrected chi connectivity index (χ3v) is 4.99. The van der Waals surface area contributed by atoms with Crippen LogP contribution in [-0.2, 0) is 4.74 Å². The summed E-state index contributed by atoms with van der Waals surface area (Å²) < 4.78 is 5.37. The number of ether oxygens (including phenoxy) is 1. The summed E-state index contributed by atoms with van der Waals surface area (Å²) in [4.78, 5) is 11.5. The van der Waals surface area contributed by atoms with Crippen molar-refractivity contribution >= 4 is 17.9 Å². The van der Waals surface area contributed by atoms with E-state index in [2.05, 4.69) is 11.4 Å². The molecule has 0 bridgehead atoms. The number of benzene rings is 1. The van der Waals surface area contributed by atoms with Crippen molar-refractivity contribution in [2.24, 2.45) is 5.92 Å². The van der Waals surface area contributed by atoms with E-state index in [0.717, 1.165) is 42.3 Å². The van der Waals surface area contributed by atoms with Crippen LogP contribution in [0.1, 0.15) is 30.9 Å². The second-order valence-corrected chi connectivity index (χ2v) is 6.57. The summed E-state index contributed by atoms with van der Waals surface area (Å²) in [6.45, 7) is 1.97. The van der Waals surface area contributed by atoms with Gasteiger partial charge in [-0.05, 0) is 42.9 Å². The van der Waals surface area contributed by atoms with Gasteiger partial charge in [0.05, 0.1) is 6.10 Å². The van der Waals surface area contributed by atoms with Gasteiger partial charge < -0.3 is 20.3 Å². The molecule has 1 saturated heterocycles. The largest absolute Gasteiger partial charge is 0.465 e. The first-order valence-corrected chi connectivity index (χ1v) is 8.59. The Morgan fingerprint density at radius 1 is 1.41 bits per heavy atom. The number of aliphatic hydroxyl groups is 1. The molecule has 0 saturated carbocycles.